The molecule has 0 aliphatic carbocycles. The second-order valence-corrected chi connectivity index (χ2v) is 6.25. The molecule has 2 rings (SSSR count). The van der Waals surface area contributed by atoms with Gasteiger partial charge in [0, 0.05) is 52.0 Å². The van der Waals surface area contributed by atoms with E-state index in [2.05, 4.69) is 5.32 Å². The SMILES string of the molecule is COCCN(C)C(=O)CC1C(=O)NCCN1Cc1ccc(OC)cc1F. The van der Waals surface area contributed by atoms with Crippen LogP contribution in [0.3, 0.4) is 0 Å². The third-order valence-electron chi connectivity index (χ3n) is 4.50. The lowest BCUT2D eigenvalue weighted by molar-refractivity contribution is -0.138. The third-order valence-corrected chi connectivity index (χ3v) is 4.50. The molecule has 1 aliphatic heterocycles. The second-order valence-electron chi connectivity index (χ2n) is 6.25. The molecule has 0 spiro atoms. The number of hydrogen-bond acceptors (Lipinski definition) is 5. The van der Waals surface area contributed by atoms with Crippen molar-refractivity contribution in [2.24, 2.45) is 0 Å². The Morgan fingerprint density at radius 3 is 2.85 bits per heavy atom. The molecule has 144 valence electrons. The Balaban J connectivity index is 2.07. The van der Waals surface area contributed by atoms with E-state index in [4.69, 9.17) is 9.47 Å². The van der Waals surface area contributed by atoms with Gasteiger partial charge in [-0.25, -0.2) is 4.39 Å². The number of likely N-dealkylation sites (N-methyl/N-ethyl adjacent to an activating group) is 1. The van der Waals surface area contributed by atoms with Crippen LogP contribution in [0.4, 0.5) is 4.39 Å². The zero-order valence-corrected chi connectivity index (χ0v) is 15.5. The van der Waals surface area contributed by atoms with Gasteiger partial charge in [-0.3, -0.25) is 14.5 Å². The van der Waals surface area contributed by atoms with Gasteiger partial charge in [-0.05, 0) is 6.07 Å². The first-order valence-corrected chi connectivity index (χ1v) is 8.53. The number of piperazine rings is 1. The number of nitrogens with zero attached hydrogens (tertiary/aromatic N) is 2. The molecule has 1 aromatic carbocycles. The highest BCUT2D eigenvalue weighted by Gasteiger charge is 2.32. The van der Waals surface area contributed by atoms with Crippen LogP contribution in [0, 0.1) is 5.82 Å². The first-order chi connectivity index (χ1) is 12.5. The summed E-state index contributed by atoms with van der Waals surface area (Å²) in [5.74, 6) is -0.310. The molecule has 0 aromatic heterocycles. The van der Waals surface area contributed by atoms with E-state index in [0.717, 1.165) is 0 Å². The smallest absolute Gasteiger partial charge is 0.237 e. The highest BCUT2D eigenvalue weighted by atomic mass is 19.1. The third kappa shape index (κ3) is 5.15. The summed E-state index contributed by atoms with van der Waals surface area (Å²) >= 11 is 0. The van der Waals surface area contributed by atoms with Crippen LogP contribution in [0.1, 0.15) is 12.0 Å². The minimum atomic E-state index is -0.622. The van der Waals surface area contributed by atoms with Crippen LogP contribution in [0.5, 0.6) is 5.75 Å². The Morgan fingerprint density at radius 2 is 2.19 bits per heavy atom. The van der Waals surface area contributed by atoms with Crippen molar-refractivity contribution in [3.8, 4) is 5.75 Å². The molecule has 8 heteroatoms. The lowest BCUT2D eigenvalue weighted by Crippen LogP contribution is -2.56. The molecule has 1 unspecified atom stereocenters. The Bertz CT molecular complexity index is 641. The summed E-state index contributed by atoms with van der Waals surface area (Å²) in [6.45, 7) is 2.16. The molecule has 0 radical (unpaired) electrons. The zero-order chi connectivity index (χ0) is 19.1. The number of amides is 2. The van der Waals surface area contributed by atoms with Crippen molar-refractivity contribution in [1.82, 2.24) is 15.1 Å². The number of carbonyl (C=O) groups is 2. The van der Waals surface area contributed by atoms with Crippen LogP contribution in [0.2, 0.25) is 0 Å². The van der Waals surface area contributed by atoms with E-state index in [9.17, 15) is 14.0 Å². The van der Waals surface area contributed by atoms with Gasteiger partial charge < -0.3 is 19.7 Å². The standard InChI is InChI=1S/C18H26FN3O4/c1-21(8-9-25-2)17(23)11-16-18(24)20-6-7-22(16)12-13-4-5-14(26-3)10-15(13)19/h4-5,10,16H,6-9,11-12H2,1-3H3,(H,20,24). The van der Waals surface area contributed by atoms with Gasteiger partial charge in [0.05, 0.1) is 26.2 Å². The van der Waals surface area contributed by atoms with Crippen LogP contribution in [0.25, 0.3) is 0 Å². The van der Waals surface area contributed by atoms with Crippen LogP contribution in [-0.2, 0) is 20.9 Å². The second kappa shape index (κ2) is 9.49. The van der Waals surface area contributed by atoms with Crippen molar-refractivity contribution in [3.63, 3.8) is 0 Å². The Morgan fingerprint density at radius 1 is 1.42 bits per heavy atom. The summed E-state index contributed by atoms with van der Waals surface area (Å²) in [6, 6.07) is 4.02. The number of methoxy groups -OCH3 is 2. The van der Waals surface area contributed by atoms with E-state index in [1.165, 1.54) is 18.1 Å². The number of ether oxygens (including phenoxy) is 2. The number of hydrogen-bond donors (Lipinski definition) is 1. The van der Waals surface area contributed by atoms with E-state index in [-0.39, 0.29) is 24.8 Å². The van der Waals surface area contributed by atoms with Gasteiger partial charge in [0.2, 0.25) is 11.8 Å². The number of nitrogens with one attached hydrogen (secondary N) is 1. The topological polar surface area (TPSA) is 71.1 Å². The lowest BCUT2D eigenvalue weighted by atomic mass is 10.1. The first-order valence-electron chi connectivity index (χ1n) is 8.53. The van der Waals surface area contributed by atoms with E-state index in [1.54, 1.807) is 26.3 Å². The minimum Gasteiger partial charge on any atom is -0.497 e. The number of carbonyl (C=O) groups excluding carboxylic acids is 2. The van der Waals surface area contributed by atoms with E-state index >= 15 is 0 Å². The van der Waals surface area contributed by atoms with Crippen LogP contribution >= 0.6 is 0 Å². The lowest BCUT2D eigenvalue weighted by Gasteiger charge is -2.35. The highest BCUT2D eigenvalue weighted by Crippen LogP contribution is 2.20. The number of benzene rings is 1. The van der Waals surface area contributed by atoms with Gasteiger partial charge in [0.1, 0.15) is 11.6 Å². The van der Waals surface area contributed by atoms with E-state index in [1.807, 2.05) is 4.90 Å². The molecule has 7 nitrogen and oxygen atoms in total. The van der Waals surface area contributed by atoms with Crippen molar-refractivity contribution in [2.75, 3.05) is 47.5 Å². The average Bonchev–Trinajstić information content (AvgIpc) is 2.63. The molecule has 1 aliphatic rings. The Hall–Kier alpha value is -2.19. The molecule has 1 heterocycles. The fourth-order valence-corrected chi connectivity index (χ4v) is 2.85. The Kier molecular flexibility index (Phi) is 7.35. The fraction of sp³-hybridized carbons (Fsp3) is 0.556. The van der Waals surface area contributed by atoms with Crippen molar-refractivity contribution >= 4 is 11.8 Å². The predicted octanol–water partition coefficient (Wildman–Crippen LogP) is 0.630. The minimum absolute atomic E-state index is 0.0455. The van der Waals surface area contributed by atoms with Gasteiger partial charge >= 0.3 is 0 Å². The maximum Gasteiger partial charge on any atom is 0.237 e. The largest absolute Gasteiger partial charge is 0.497 e. The summed E-state index contributed by atoms with van der Waals surface area (Å²) in [4.78, 5) is 28.1. The molecule has 2 amide bonds. The fourth-order valence-electron chi connectivity index (χ4n) is 2.85. The maximum atomic E-state index is 14.3. The summed E-state index contributed by atoms with van der Waals surface area (Å²) in [6.07, 6.45) is 0.0455. The van der Waals surface area contributed by atoms with Crippen molar-refractivity contribution in [2.45, 2.75) is 19.0 Å². The molecule has 1 saturated heterocycles. The maximum absolute atomic E-state index is 14.3. The monoisotopic (exact) mass is 367 g/mol. The molecule has 1 N–H and O–H groups in total. The summed E-state index contributed by atoms with van der Waals surface area (Å²) < 4.78 is 24.2. The van der Waals surface area contributed by atoms with E-state index < -0.39 is 11.9 Å². The van der Waals surface area contributed by atoms with Crippen LogP contribution in [-0.4, -0.2) is 75.2 Å². The van der Waals surface area contributed by atoms with Gasteiger partial charge in [0.15, 0.2) is 0 Å². The van der Waals surface area contributed by atoms with Crippen LogP contribution in [0.15, 0.2) is 18.2 Å². The molecule has 1 atom stereocenters. The summed E-state index contributed by atoms with van der Waals surface area (Å²) in [7, 11) is 4.72. The molecule has 1 fully saturated rings. The normalized spacial score (nSPS) is 17.7. The van der Waals surface area contributed by atoms with Gasteiger partial charge in [-0.2, -0.15) is 0 Å². The molecular formula is C18H26FN3O4. The quantitative estimate of drug-likeness (QED) is 0.730. The van der Waals surface area contributed by atoms with Gasteiger partial charge in [0.25, 0.3) is 0 Å². The summed E-state index contributed by atoms with van der Waals surface area (Å²) in [5, 5.41) is 2.78. The van der Waals surface area contributed by atoms with Crippen LogP contribution < -0.4 is 10.1 Å². The molecule has 0 saturated carbocycles. The van der Waals surface area contributed by atoms with Gasteiger partial charge in [-0.15, -0.1) is 0 Å². The molecule has 1 aromatic rings. The van der Waals surface area contributed by atoms with Gasteiger partial charge in [-0.1, -0.05) is 6.07 Å². The number of halogens is 1. The zero-order valence-electron chi connectivity index (χ0n) is 15.5. The van der Waals surface area contributed by atoms with Crippen molar-refractivity contribution < 1.29 is 23.5 Å². The van der Waals surface area contributed by atoms with E-state index in [0.29, 0.717) is 37.6 Å². The van der Waals surface area contributed by atoms with Crippen molar-refractivity contribution in [3.05, 3.63) is 29.6 Å². The highest BCUT2D eigenvalue weighted by molar-refractivity contribution is 5.88. The predicted molar refractivity (Wildman–Crippen MR) is 94.3 cm³/mol. The first kappa shape index (κ1) is 20.1. The molecular weight excluding hydrogens is 341 g/mol. The Labute approximate surface area is 153 Å². The summed E-state index contributed by atoms with van der Waals surface area (Å²) in [5.41, 5.74) is 0.464. The van der Waals surface area contributed by atoms with Crippen molar-refractivity contribution in [1.29, 1.82) is 0 Å². The molecule has 0 bridgehead atoms. The number of rotatable bonds is 8. The molecule has 26 heavy (non-hydrogen) atoms. The average molecular weight is 367 g/mol.